The Kier molecular flexibility index (Phi) is 3.89. The summed E-state index contributed by atoms with van der Waals surface area (Å²) in [6.07, 6.45) is 2.62. The molecule has 1 rings (SSSR count). The molecule has 1 aliphatic carbocycles. The molecule has 0 aromatic rings. The molecule has 1 fully saturated rings. The van der Waals surface area contributed by atoms with Crippen LogP contribution in [0.5, 0.6) is 0 Å². The SMILES string of the molecule is CC(C)(C)CNC(=O)C1CCC(=O)CC1. The van der Waals surface area contributed by atoms with Gasteiger partial charge in [-0.2, -0.15) is 0 Å². The van der Waals surface area contributed by atoms with Crippen LogP contribution in [0.4, 0.5) is 0 Å². The van der Waals surface area contributed by atoms with E-state index >= 15 is 0 Å². The third-order valence-electron chi connectivity index (χ3n) is 2.71. The van der Waals surface area contributed by atoms with E-state index in [1.807, 2.05) is 0 Å². The van der Waals surface area contributed by atoms with Crippen LogP contribution in [0.15, 0.2) is 0 Å². The highest BCUT2D eigenvalue weighted by atomic mass is 16.2. The van der Waals surface area contributed by atoms with Gasteiger partial charge in [0.05, 0.1) is 0 Å². The zero-order chi connectivity index (χ0) is 11.5. The maximum atomic E-state index is 11.7. The van der Waals surface area contributed by atoms with E-state index in [0.29, 0.717) is 25.2 Å². The normalized spacial score (nSPS) is 19.0. The summed E-state index contributed by atoms with van der Waals surface area (Å²) >= 11 is 0. The van der Waals surface area contributed by atoms with Gasteiger partial charge in [0.25, 0.3) is 0 Å². The van der Waals surface area contributed by atoms with Crippen molar-refractivity contribution in [3.8, 4) is 0 Å². The summed E-state index contributed by atoms with van der Waals surface area (Å²) in [6, 6.07) is 0. The largest absolute Gasteiger partial charge is 0.355 e. The molecule has 0 radical (unpaired) electrons. The fourth-order valence-corrected chi connectivity index (χ4v) is 1.70. The molecule has 1 amide bonds. The molecule has 0 spiro atoms. The molecule has 0 heterocycles. The Morgan fingerprint density at radius 2 is 1.87 bits per heavy atom. The van der Waals surface area contributed by atoms with Crippen LogP contribution in [0.2, 0.25) is 0 Å². The molecule has 1 aliphatic rings. The molecule has 3 heteroatoms. The Morgan fingerprint density at radius 1 is 1.33 bits per heavy atom. The highest BCUT2D eigenvalue weighted by Crippen LogP contribution is 2.21. The third kappa shape index (κ3) is 4.45. The summed E-state index contributed by atoms with van der Waals surface area (Å²) in [7, 11) is 0. The van der Waals surface area contributed by atoms with Crippen molar-refractivity contribution in [1.29, 1.82) is 0 Å². The van der Waals surface area contributed by atoms with Crippen molar-refractivity contribution in [2.24, 2.45) is 11.3 Å². The smallest absolute Gasteiger partial charge is 0.223 e. The lowest BCUT2D eigenvalue weighted by molar-refractivity contribution is -0.128. The maximum absolute atomic E-state index is 11.7. The number of rotatable bonds is 2. The lowest BCUT2D eigenvalue weighted by Crippen LogP contribution is -2.37. The van der Waals surface area contributed by atoms with Crippen molar-refractivity contribution >= 4 is 11.7 Å². The molecule has 15 heavy (non-hydrogen) atoms. The minimum Gasteiger partial charge on any atom is -0.355 e. The number of Topliss-reactive ketones (excluding diaryl/α,β-unsaturated/α-hetero) is 1. The van der Waals surface area contributed by atoms with Crippen molar-refractivity contribution in [1.82, 2.24) is 5.32 Å². The average Bonchev–Trinajstić information content (AvgIpc) is 2.14. The topological polar surface area (TPSA) is 46.2 Å². The molecule has 0 aliphatic heterocycles. The Morgan fingerprint density at radius 3 is 2.33 bits per heavy atom. The molecular formula is C12H21NO2. The maximum Gasteiger partial charge on any atom is 0.223 e. The van der Waals surface area contributed by atoms with Crippen LogP contribution in [0.25, 0.3) is 0 Å². The van der Waals surface area contributed by atoms with Crippen LogP contribution in [-0.4, -0.2) is 18.2 Å². The zero-order valence-electron chi connectivity index (χ0n) is 9.93. The Hall–Kier alpha value is -0.860. The minimum atomic E-state index is 0.0602. The summed E-state index contributed by atoms with van der Waals surface area (Å²) in [4.78, 5) is 22.7. The minimum absolute atomic E-state index is 0.0602. The number of ketones is 1. The molecule has 86 valence electrons. The molecule has 1 saturated carbocycles. The van der Waals surface area contributed by atoms with Gasteiger partial charge in [-0.15, -0.1) is 0 Å². The summed E-state index contributed by atoms with van der Waals surface area (Å²) in [6.45, 7) is 6.99. The molecular weight excluding hydrogens is 190 g/mol. The van der Waals surface area contributed by atoms with Gasteiger partial charge >= 0.3 is 0 Å². The van der Waals surface area contributed by atoms with Gasteiger partial charge in [-0.05, 0) is 18.3 Å². The first-order valence-electron chi connectivity index (χ1n) is 5.68. The molecule has 0 unspecified atom stereocenters. The Balaban J connectivity index is 2.31. The van der Waals surface area contributed by atoms with Crippen molar-refractivity contribution in [2.75, 3.05) is 6.54 Å². The third-order valence-corrected chi connectivity index (χ3v) is 2.71. The van der Waals surface area contributed by atoms with Crippen LogP contribution >= 0.6 is 0 Å². The van der Waals surface area contributed by atoms with E-state index < -0.39 is 0 Å². The van der Waals surface area contributed by atoms with Gasteiger partial charge in [0.15, 0.2) is 0 Å². The number of carbonyl (C=O) groups is 2. The lowest BCUT2D eigenvalue weighted by Gasteiger charge is -2.23. The standard InChI is InChI=1S/C12H21NO2/c1-12(2,3)8-13-11(15)9-4-6-10(14)7-5-9/h9H,4-8H2,1-3H3,(H,13,15). The molecule has 0 atom stereocenters. The van der Waals surface area contributed by atoms with Crippen LogP contribution in [0, 0.1) is 11.3 Å². The van der Waals surface area contributed by atoms with Gasteiger partial charge in [-0.3, -0.25) is 9.59 Å². The molecule has 3 nitrogen and oxygen atoms in total. The van der Waals surface area contributed by atoms with E-state index in [1.165, 1.54) is 0 Å². The number of hydrogen-bond donors (Lipinski definition) is 1. The van der Waals surface area contributed by atoms with Crippen LogP contribution in [0.3, 0.4) is 0 Å². The first-order chi connectivity index (χ1) is 6.88. The fourth-order valence-electron chi connectivity index (χ4n) is 1.70. The quantitative estimate of drug-likeness (QED) is 0.758. The van der Waals surface area contributed by atoms with Crippen molar-refractivity contribution in [3.05, 3.63) is 0 Å². The average molecular weight is 211 g/mol. The monoisotopic (exact) mass is 211 g/mol. The number of hydrogen-bond acceptors (Lipinski definition) is 2. The first kappa shape index (κ1) is 12.2. The van der Waals surface area contributed by atoms with Gasteiger partial charge < -0.3 is 5.32 Å². The van der Waals surface area contributed by atoms with Crippen LogP contribution in [0.1, 0.15) is 46.5 Å². The van der Waals surface area contributed by atoms with Gasteiger partial charge in [-0.25, -0.2) is 0 Å². The van der Waals surface area contributed by atoms with Crippen LogP contribution < -0.4 is 5.32 Å². The van der Waals surface area contributed by atoms with E-state index in [0.717, 1.165) is 12.8 Å². The Labute approximate surface area is 91.6 Å². The zero-order valence-corrected chi connectivity index (χ0v) is 9.93. The summed E-state index contributed by atoms with van der Waals surface area (Å²) in [5.41, 5.74) is 0.125. The fraction of sp³-hybridized carbons (Fsp3) is 0.833. The molecule has 0 aromatic carbocycles. The Bertz CT molecular complexity index is 243. The highest BCUT2D eigenvalue weighted by Gasteiger charge is 2.25. The molecule has 1 N–H and O–H groups in total. The molecule has 0 aromatic heterocycles. The number of amides is 1. The molecule has 0 bridgehead atoms. The van der Waals surface area contributed by atoms with E-state index in [4.69, 9.17) is 0 Å². The van der Waals surface area contributed by atoms with Gasteiger partial charge in [0.2, 0.25) is 5.91 Å². The van der Waals surface area contributed by atoms with E-state index in [1.54, 1.807) is 0 Å². The molecule has 0 saturated heterocycles. The summed E-state index contributed by atoms with van der Waals surface area (Å²) in [5.74, 6) is 0.484. The summed E-state index contributed by atoms with van der Waals surface area (Å²) in [5, 5.41) is 2.96. The van der Waals surface area contributed by atoms with Crippen molar-refractivity contribution < 1.29 is 9.59 Å². The number of carbonyl (C=O) groups excluding carboxylic acids is 2. The van der Waals surface area contributed by atoms with E-state index in [-0.39, 0.29) is 17.2 Å². The predicted octanol–water partition coefficient (Wildman–Crippen LogP) is 1.91. The first-order valence-corrected chi connectivity index (χ1v) is 5.68. The van der Waals surface area contributed by atoms with E-state index in [2.05, 4.69) is 26.1 Å². The van der Waals surface area contributed by atoms with Crippen molar-refractivity contribution in [2.45, 2.75) is 46.5 Å². The second-order valence-corrected chi connectivity index (χ2v) is 5.59. The highest BCUT2D eigenvalue weighted by molar-refractivity contribution is 5.84. The van der Waals surface area contributed by atoms with Crippen molar-refractivity contribution in [3.63, 3.8) is 0 Å². The van der Waals surface area contributed by atoms with Gasteiger partial charge in [0.1, 0.15) is 5.78 Å². The second-order valence-electron chi connectivity index (χ2n) is 5.59. The summed E-state index contributed by atoms with van der Waals surface area (Å²) < 4.78 is 0. The predicted molar refractivity (Wildman–Crippen MR) is 59.4 cm³/mol. The van der Waals surface area contributed by atoms with Gasteiger partial charge in [0, 0.05) is 25.3 Å². The lowest BCUT2D eigenvalue weighted by atomic mass is 9.87. The second kappa shape index (κ2) is 4.77. The van der Waals surface area contributed by atoms with Gasteiger partial charge in [-0.1, -0.05) is 20.8 Å². The van der Waals surface area contributed by atoms with Crippen LogP contribution in [-0.2, 0) is 9.59 Å². The number of nitrogens with one attached hydrogen (secondary N) is 1. The van der Waals surface area contributed by atoms with E-state index in [9.17, 15) is 9.59 Å².